The summed E-state index contributed by atoms with van der Waals surface area (Å²) < 4.78 is 24.8. The van der Waals surface area contributed by atoms with E-state index in [0.717, 1.165) is 93.4 Å². The van der Waals surface area contributed by atoms with E-state index in [1.54, 1.807) is 6.07 Å². The number of hydrogen-bond acceptors (Lipinski definition) is 10. The first-order valence-corrected chi connectivity index (χ1v) is 42.3. The molecule has 2 aromatic heterocycles. The van der Waals surface area contributed by atoms with Gasteiger partial charge in [-0.3, -0.25) is 0 Å². The molecule has 0 N–H and O–H groups in total. The molecule has 0 spiro atoms. The van der Waals surface area contributed by atoms with Crippen molar-refractivity contribution in [1.29, 1.82) is 10.5 Å². The van der Waals surface area contributed by atoms with Crippen molar-refractivity contribution in [3.63, 3.8) is 0 Å². The van der Waals surface area contributed by atoms with Crippen molar-refractivity contribution >= 4 is 46.8 Å². The third-order valence-electron chi connectivity index (χ3n) is 24.4. The first kappa shape index (κ1) is 82.4. The molecule has 3 heterocycles. The van der Waals surface area contributed by atoms with E-state index in [4.69, 9.17) is 47.4 Å². The van der Waals surface area contributed by atoms with E-state index in [-0.39, 0.29) is 18.3 Å². The van der Waals surface area contributed by atoms with Crippen LogP contribution in [0.15, 0.2) is 417 Å². The van der Waals surface area contributed by atoms with Crippen LogP contribution in [0.5, 0.6) is 0 Å². The second-order valence-electron chi connectivity index (χ2n) is 32.0. The molecule has 21 rings (SSSR count). The molecule has 3 aliphatic rings. The Morgan fingerprint density at radius 2 is 0.540 bits per heavy atom. The number of nitriles is 2. The van der Waals surface area contributed by atoms with Crippen molar-refractivity contribution < 1.29 is 12.3 Å². The molecule has 1 saturated heterocycles. The van der Waals surface area contributed by atoms with Gasteiger partial charge in [-0.25, -0.2) is 29.9 Å². The largest absolute Gasteiger partial charge is 0.496 e. The molecule has 603 valence electrons. The number of nitrogens with zero attached hydrogens (tertiary/aromatic N) is 8. The number of halogens is 1. The van der Waals surface area contributed by atoms with Gasteiger partial charge in [0, 0.05) is 54.8 Å². The van der Waals surface area contributed by atoms with Gasteiger partial charge in [-0.05, 0) is 162 Å². The van der Waals surface area contributed by atoms with Gasteiger partial charge in [0.25, 0.3) is 0 Å². The fourth-order valence-corrected chi connectivity index (χ4v) is 18.3. The molecule has 0 bridgehead atoms. The SMILES string of the molecule is CC1(C)OB(c2c(-c3ccc(-c4nc(-c5ccccc5)nc(-c5ccccc5)n4)cc3)ccc3c2-c2ccccc2C3(c2ccccc2)c2ccccc2)OC1(C)C.N#Cc1ccccc1-c1c(-c2ccc(-c3nc(-c4ccccc4)nc(-c4ccccc4)n3)cc2)ccc2c1-c1ccccc1C2(c1ccccc1)c1ccccc1.N#Cc1ccccc1Br.P.[3H][3H].[B]. The van der Waals surface area contributed by atoms with Crippen LogP contribution >= 0.6 is 25.8 Å². The van der Waals surface area contributed by atoms with Gasteiger partial charge in [0.15, 0.2) is 34.9 Å². The van der Waals surface area contributed by atoms with Gasteiger partial charge in [-0.15, -0.1) is 0 Å². The first-order chi connectivity index (χ1) is 61.8. The van der Waals surface area contributed by atoms with E-state index >= 15 is 0 Å². The predicted octanol–water partition coefficient (Wildman–Crippen LogP) is 25.9. The van der Waals surface area contributed by atoms with Crippen molar-refractivity contribution in [2.24, 2.45) is 0 Å². The molecule has 126 heavy (non-hydrogen) atoms. The minimum atomic E-state index is -0.615. The highest BCUT2D eigenvalue weighted by Crippen LogP contribution is 2.61. The third-order valence-corrected chi connectivity index (χ3v) is 25.1. The minimum absolute atomic E-state index is 0. The number of rotatable bonds is 14. The average Bonchev–Trinajstić information content (AvgIpc) is 1.53. The van der Waals surface area contributed by atoms with Gasteiger partial charge in [-0.1, -0.05) is 394 Å². The molecule has 10 nitrogen and oxygen atoms in total. The van der Waals surface area contributed by atoms with E-state index in [9.17, 15) is 5.26 Å². The van der Waals surface area contributed by atoms with Crippen LogP contribution in [0.3, 0.4) is 0 Å². The summed E-state index contributed by atoms with van der Waals surface area (Å²) in [4.78, 5) is 29.7. The van der Waals surface area contributed by atoms with Crippen LogP contribution in [-0.4, -0.2) is 56.6 Å². The smallest absolute Gasteiger partial charge is 0.399 e. The molecule has 0 amide bonds. The summed E-state index contributed by atoms with van der Waals surface area (Å²) >= 11 is 3.23. The van der Waals surface area contributed by atoms with E-state index in [0.29, 0.717) is 46.1 Å². The van der Waals surface area contributed by atoms with Crippen LogP contribution < -0.4 is 5.46 Å². The van der Waals surface area contributed by atoms with Gasteiger partial charge in [0.05, 0.1) is 39.2 Å². The Hall–Kier alpha value is -14.5. The number of hydrogen-bond donors (Lipinski definition) is 0. The Labute approximate surface area is 752 Å². The second kappa shape index (κ2) is 35.7. The lowest BCUT2D eigenvalue weighted by Gasteiger charge is -2.34. The zero-order valence-corrected chi connectivity index (χ0v) is 72.9. The number of benzene rings is 16. The van der Waals surface area contributed by atoms with E-state index in [2.05, 4.69) is 298 Å². The summed E-state index contributed by atoms with van der Waals surface area (Å²) in [5, 5.41) is 19.0. The Kier molecular flexibility index (Phi) is 23.4. The number of aromatic nitrogens is 6. The van der Waals surface area contributed by atoms with Gasteiger partial charge < -0.3 is 9.31 Å². The first-order valence-electron chi connectivity index (χ1n) is 42.5. The third kappa shape index (κ3) is 15.3. The van der Waals surface area contributed by atoms with Crippen molar-refractivity contribution in [3.8, 4) is 136 Å². The van der Waals surface area contributed by atoms with Gasteiger partial charge in [-0.2, -0.15) is 20.4 Å². The maximum absolute atomic E-state index is 10.5. The zero-order chi connectivity index (χ0) is 86.4. The van der Waals surface area contributed by atoms with Gasteiger partial charge in [0.2, 0.25) is 0 Å². The normalized spacial score (nSPS) is 13.5. The molecule has 0 saturated carbocycles. The zero-order valence-electron chi connectivity index (χ0n) is 71.9. The number of fused-ring (bicyclic) bond motifs is 6. The van der Waals surface area contributed by atoms with Crippen LogP contribution in [0.2, 0.25) is 0 Å². The lowest BCUT2D eigenvalue weighted by Crippen LogP contribution is -2.41. The lowest BCUT2D eigenvalue weighted by molar-refractivity contribution is 0.00578. The monoisotopic (exact) mass is 1710 g/mol. The highest BCUT2D eigenvalue weighted by atomic mass is 79.9. The molecular weight excluding hydrogens is 1620 g/mol. The quantitative estimate of drug-likeness (QED) is 0.0762. The lowest BCUT2D eigenvalue weighted by atomic mass is 9.65. The van der Waals surface area contributed by atoms with Crippen LogP contribution in [0, 0.1) is 22.7 Å². The molecule has 2 aliphatic carbocycles. The van der Waals surface area contributed by atoms with Gasteiger partial charge >= 0.3 is 7.12 Å². The van der Waals surface area contributed by atoms with Gasteiger partial charge in [0.1, 0.15) is 6.07 Å². The summed E-state index contributed by atoms with van der Waals surface area (Å²) in [6.07, 6.45) is 0. The van der Waals surface area contributed by atoms with Crippen LogP contribution in [0.25, 0.3) is 124 Å². The fourth-order valence-electron chi connectivity index (χ4n) is 17.9. The van der Waals surface area contributed by atoms with Crippen molar-refractivity contribution in [3.05, 3.63) is 473 Å². The molecule has 1 aliphatic heterocycles. The highest BCUT2D eigenvalue weighted by molar-refractivity contribution is 9.10. The highest BCUT2D eigenvalue weighted by Gasteiger charge is 2.56. The summed E-state index contributed by atoms with van der Waals surface area (Å²) in [5.41, 5.74) is 26.1. The Morgan fingerprint density at radius 1 is 0.270 bits per heavy atom. The molecule has 1 fully saturated rings. The maximum atomic E-state index is 10.5. The summed E-state index contributed by atoms with van der Waals surface area (Å²) in [6.45, 7) is 8.50. The molecule has 3 radical (unpaired) electrons. The van der Waals surface area contributed by atoms with Crippen molar-refractivity contribution in [2.75, 3.05) is 0 Å². The van der Waals surface area contributed by atoms with Crippen LogP contribution in [0.1, 0.15) is 86.3 Å². The predicted molar refractivity (Wildman–Crippen MR) is 521 cm³/mol. The summed E-state index contributed by atoms with van der Waals surface area (Å²) in [7, 11) is -0.615. The molecule has 14 heteroatoms. The Balaban J connectivity index is 0.000000166. The summed E-state index contributed by atoms with van der Waals surface area (Å²) in [6, 6.07) is 147. The molecule has 16 aromatic carbocycles. The molecular formula is C112H85B2BrN8O2P. The van der Waals surface area contributed by atoms with Crippen LogP contribution in [0.4, 0.5) is 0 Å². The van der Waals surface area contributed by atoms with Crippen molar-refractivity contribution in [1.82, 2.24) is 29.9 Å². The van der Waals surface area contributed by atoms with E-state index < -0.39 is 29.2 Å². The maximum Gasteiger partial charge on any atom is 0.496 e. The van der Waals surface area contributed by atoms with Crippen molar-refractivity contribution in [2.45, 2.75) is 49.7 Å². The Bertz CT molecular complexity index is 6880. The average molecular weight is 1710 g/mol. The molecule has 1 unspecified atom stereocenters. The van der Waals surface area contributed by atoms with E-state index in [1.165, 1.54) is 50.1 Å². The molecule has 18 aromatic rings. The fraction of sp³-hybridized carbons (Fsp3) is 0.0714. The second-order valence-corrected chi connectivity index (χ2v) is 32.8. The Morgan fingerprint density at radius 3 is 0.889 bits per heavy atom. The van der Waals surface area contributed by atoms with E-state index in [1.807, 2.05) is 164 Å². The van der Waals surface area contributed by atoms with Crippen LogP contribution in [-0.2, 0) is 20.1 Å². The topological polar surface area (TPSA) is 143 Å². The minimum Gasteiger partial charge on any atom is -0.399 e. The molecule has 1 atom stereocenters. The standard InChI is InChI=1S/C53H34N4.C52H42BN3O2.C7H4BrN.B.H3P.H2/c54-35-40-21-13-14-26-43(40)48-44(33-34-47-49(48)45-27-15-16-28-46(45)53(47,41-22-9-3-10-23-41)42-24-11-4-12-25-42)36-29-31-39(32-30-36)52-56-50(37-17-5-1-6-18-37)55-51(57-52)38-19-7-2-8-20-38;1-50(2)51(3,4)58-53(57-50)46-41(33-34-44-45(46)42-27-17-18-28-43(42)52(44,39-23-13-7-14-24-39)40-25-15-8-16-26-40)35-29-31-38(32-30-35)49-55-47(36-19-9-5-10-20-36)54-48(56-49)37-21-11-6-12-22-37;8-7-4-2-1-3-6(7)5-9;;;/h1-34H;5-34H,1-4H3;1-4H;;1H3;1H/i;;;;;1+2T. The summed E-state index contributed by atoms with van der Waals surface area (Å²) in [5.74, 6) is 3.72.